The fourth-order valence-corrected chi connectivity index (χ4v) is 5.49. The zero-order chi connectivity index (χ0) is 35.3. The van der Waals surface area contributed by atoms with Gasteiger partial charge in [0.25, 0.3) is 5.69 Å². The molecule has 5 aromatic rings. The number of nitro groups is 1. The topological polar surface area (TPSA) is 149 Å². The molecule has 0 bridgehead atoms. The molecule has 0 saturated heterocycles. The van der Waals surface area contributed by atoms with Crippen LogP contribution in [0.5, 0.6) is 17.2 Å². The van der Waals surface area contributed by atoms with Crippen molar-refractivity contribution in [3.8, 4) is 17.2 Å². The number of nitrogens with zero attached hydrogens (tertiary/aromatic N) is 4. The monoisotopic (exact) mass is 681 g/mol. The molecular weight excluding hydrogens is 642 g/mol. The van der Waals surface area contributed by atoms with E-state index in [0.717, 1.165) is 11.1 Å². The molecule has 1 heterocycles. The van der Waals surface area contributed by atoms with E-state index < -0.39 is 16.4 Å². The molecule has 0 amide bonds. The van der Waals surface area contributed by atoms with E-state index in [0.29, 0.717) is 66.8 Å². The van der Waals surface area contributed by atoms with Crippen LogP contribution in [0.4, 0.5) is 11.4 Å². The molecule has 0 unspecified atom stereocenters. The van der Waals surface area contributed by atoms with E-state index in [1.54, 1.807) is 68.5 Å². The summed E-state index contributed by atoms with van der Waals surface area (Å²) in [4.78, 5) is 24.2. The zero-order valence-electron chi connectivity index (χ0n) is 28.1. The number of ether oxygens (including phenoxy) is 5. The number of aromatic nitrogens is 3. The van der Waals surface area contributed by atoms with Crippen LogP contribution < -0.4 is 19.5 Å². The molecule has 0 aliphatic rings. The minimum atomic E-state index is -1.21. The predicted octanol–water partition coefficient (Wildman–Crippen LogP) is 6.27. The number of benzene rings is 4. The van der Waals surface area contributed by atoms with E-state index in [9.17, 15) is 14.9 Å². The lowest BCUT2D eigenvalue weighted by atomic mass is 9.79. The Bertz CT molecular complexity index is 1810. The molecule has 13 heteroatoms. The van der Waals surface area contributed by atoms with Gasteiger partial charge in [-0.1, -0.05) is 53.7 Å². The summed E-state index contributed by atoms with van der Waals surface area (Å²) in [6.07, 6.45) is 3.19. The highest BCUT2D eigenvalue weighted by molar-refractivity contribution is 5.92. The Labute approximate surface area is 289 Å². The van der Waals surface area contributed by atoms with Gasteiger partial charge in [0, 0.05) is 19.7 Å². The Morgan fingerprint density at radius 3 is 2.10 bits per heavy atom. The number of carbonyl (C=O) groups excluding carboxylic acids is 1. The first-order chi connectivity index (χ1) is 24.4. The molecule has 0 aliphatic heterocycles. The SMILES string of the molecule is COCCOC(=O)c1ccccc1OCCCCn1cc(C(Nc2ccccc2[N+](=O)[O-])(c2ccc(OC)cc2)c2ccc(OC)cc2)nn1. The van der Waals surface area contributed by atoms with Gasteiger partial charge in [-0.3, -0.25) is 14.8 Å². The maximum atomic E-state index is 12.5. The average Bonchev–Trinajstić information content (AvgIpc) is 3.63. The number of carbonyl (C=O) groups is 1. The molecule has 0 radical (unpaired) electrons. The second-order valence-corrected chi connectivity index (χ2v) is 11.2. The van der Waals surface area contributed by atoms with Crippen molar-refractivity contribution in [3.05, 3.63) is 136 Å². The third-order valence-electron chi connectivity index (χ3n) is 8.06. The summed E-state index contributed by atoms with van der Waals surface area (Å²) in [5, 5.41) is 24.7. The third kappa shape index (κ3) is 8.18. The fraction of sp³-hybridized carbons (Fsp3) is 0.270. The summed E-state index contributed by atoms with van der Waals surface area (Å²) in [7, 11) is 4.72. The minimum Gasteiger partial charge on any atom is -0.497 e. The van der Waals surface area contributed by atoms with Crippen molar-refractivity contribution >= 4 is 17.3 Å². The highest BCUT2D eigenvalue weighted by Gasteiger charge is 2.41. The second kappa shape index (κ2) is 16.9. The third-order valence-corrected chi connectivity index (χ3v) is 8.06. The Morgan fingerprint density at radius 1 is 0.820 bits per heavy atom. The van der Waals surface area contributed by atoms with Gasteiger partial charge >= 0.3 is 5.97 Å². The number of nitro benzene ring substituents is 1. The molecular formula is C37H39N5O8. The minimum absolute atomic E-state index is 0.0869. The highest BCUT2D eigenvalue weighted by Crippen LogP contribution is 2.42. The van der Waals surface area contributed by atoms with E-state index in [1.165, 1.54) is 6.07 Å². The number of hydrogen-bond acceptors (Lipinski definition) is 11. The summed E-state index contributed by atoms with van der Waals surface area (Å²) >= 11 is 0. The normalized spacial score (nSPS) is 11.1. The standard InChI is InChI=1S/C37H39N5O8/c1-46-24-25-50-36(43)31-10-4-7-13-34(31)49-23-9-8-22-41-26-35(39-40-41)37(27-14-18-29(47-2)19-15-27,28-16-20-30(48-3)21-17-28)38-32-11-5-6-12-33(32)42(44)45/h4-7,10-21,26,38H,8-9,22-25H2,1-3H3. The number of unbranched alkanes of at least 4 members (excludes halogenated alkanes) is 1. The molecule has 1 N–H and O–H groups in total. The second-order valence-electron chi connectivity index (χ2n) is 11.2. The molecule has 0 fully saturated rings. The van der Waals surface area contributed by atoms with Gasteiger partial charge in [0.1, 0.15) is 46.3 Å². The summed E-state index contributed by atoms with van der Waals surface area (Å²) in [5.74, 6) is 1.28. The largest absolute Gasteiger partial charge is 0.497 e. The van der Waals surface area contributed by atoms with Crippen molar-refractivity contribution in [2.75, 3.05) is 46.5 Å². The fourth-order valence-electron chi connectivity index (χ4n) is 5.49. The Hall–Kier alpha value is -5.95. The van der Waals surface area contributed by atoms with Gasteiger partial charge in [-0.05, 0) is 66.4 Å². The average molecular weight is 682 g/mol. The first-order valence-electron chi connectivity index (χ1n) is 16.0. The Morgan fingerprint density at radius 2 is 1.46 bits per heavy atom. The molecule has 50 heavy (non-hydrogen) atoms. The van der Waals surface area contributed by atoms with Crippen molar-refractivity contribution in [2.45, 2.75) is 24.9 Å². The first kappa shape index (κ1) is 35.4. The van der Waals surface area contributed by atoms with Crippen LogP contribution in [0, 0.1) is 10.1 Å². The van der Waals surface area contributed by atoms with Gasteiger partial charge in [-0.15, -0.1) is 5.10 Å². The molecule has 13 nitrogen and oxygen atoms in total. The first-order valence-corrected chi connectivity index (χ1v) is 16.0. The van der Waals surface area contributed by atoms with Crippen LogP contribution in [0.1, 0.15) is 40.0 Å². The molecule has 0 atom stereocenters. The summed E-state index contributed by atoms with van der Waals surface area (Å²) in [6.45, 7) is 1.34. The lowest BCUT2D eigenvalue weighted by molar-refractivity contribution is -0.384. The molecule has 0 spiro atoms. The van der Waals surface area contributed by atoms with E-state index in [-0.39, 0.29) is 12.3 Å². The lowest BCUT2D eigenvalue weighted by Crippen LogP contribution is -2.38. The number of esters is 1. The molecule has 4 aromatic carbocycles. The number of rotatable bonds is 18. The molecule has 260 valence electrons. The molecule has 1 aromatic heterocycles. The van der Waals surface area contributed by atoms with E-state index >= 15 is 0 Å². The summed E-state index contributed by atoms with van der Waals surface area (Å²) in [5.41, 5.74) is 1.37. The lowest BCUT2D eigenvalue weighted by Gasteiger charge is -2.35. The van der Waals surface area contributed by atoms with Crippen molar-refractivity contribution in [3.63, 3.8) is 0 Å². The van der Waals surface area contributed by atoms with E-state index in [1.807, 2.05) is 54.7 Å². The molecule has 0 aliphatic carbocycles. The summed E-state index contributed by atoms with van der Waals surface area (Å²) in [6, 6.07) is 28.3. The number of nitrogens with one attached hydrogen (secondary N) is 1. The van der Waals surface area contributed by atoms with Gasteiger partial charge in [-0.25, -0.2) is 4.79 Å². The maximum Gasteiger partial charge on any atom is 0.342 e. The van der Waals surface area contributed by atoms with Gasteiger partial charge in [0.05, 0.1) is 38.6 Å². The molecule has 0 saturated carbocycles. The highest BCUT2D eigenvalue weighted by atomic mass is 16.6. The van der Waals surface area contributed by atoms with Crippen LogP contribution in [0.2, 0.25) is 0 Å². The quantitative estimate of drug-likeness (QED) is 0.0483. The van der Waals surface area contributed by atoms with E-state index in [4.69, 9.17) is 23.7 Å². The van der Waals surface area contributed by atoms with E-state index in [2.05, 4.69) is 15.6 Å². The smallest absolute Gasteiger partial charge is 0.342 e. The van der Waals surface area contributed by atoms with Gasteiger partial charge in [0.15, 0.2) is 0 Å². The predicted molar refractivity (Wildman–Crippen MR) is 186 cm³/mol. The van der Waals surface area contributed by atoms with Crippen LogP contribution >= 0.6 is 0 Å². The number of anilines is 1. The number of methoxy groups -OCH3 is 3. The summed E-state index contributed by atoms with van der Waals surface area (Å²) < 4.78 is 28.8. The maximum absolute atomic E-state index is 12.5. The van der Waals surface area contributed by atoms with Crippen molar-refractivity contribution < 1.29 is 33.4 Å². The van der Waals surface area contributed by atoms with Crippen molar-refractivity contribution in [2.24, 2.45) is 0 Å². The van der Waals surface area contributed by atoms with Gasteiger partial charge < -0.3 is 29.0 Å². The van der Waals surface area contributed by atoms with Crippen LogP contribution in [-0.4, -0.2) is 67.0 Å². The Kier molecular flexibility index (Phi) is 12.0. The van der Waals surface area contributed by atoms with Crippen LogP contribution in [-0.2, 0) is 21.6 Å². The van der Waals surface area contributed by atoms with Gasteiger partial charge in [0.2, 0.25) is 0 Å². The van der Waals surface area contributed by atoms with Crippen LogP contribution in [0.3, 0.4) is 0 Å². The van der Waals surface area contributed by atoms with Crippen LogP contribution in [0.25, 0.3) is 0 Å². The number of hydrogen-bond donors (Lipinski definition) is 1. The molecule has 5 rings (SSSR count). The van der Waals surface area contributed by atoms with Crippen molar-refractivity contribution in [1.82, 2.24) is 15.0 Å². The van der Waals surface area contributed by atoms with Crippen LogP contribution in [0.15, 0.2) is 103 Å². The number of para-hydroxylation sites is 3. The van der Waals surface area contributed by atoms with Crippen molar-refractivity contribution in [1.29, 1.82) is 0 Å². The zero-order valence-corrected chi connectivity index (χ0v) is 28.1. The Balaban J connectivity index is 1.41. The number of aryl methyl sites for hydroxylation is 1. The van der Waals surface area contributed by atoms with Gasteiger partial charge in [-0.2, -0.15) is 0 Å².